The van der Waals surface area contributed by atoms with E-state index in [4.69, 9.17) is 5.10 Å². The molecule has 0 unspecified atom stereocenters. The van der Waals surface area contributed by atoms with Gasteiger partial charge >= 0.3 is 0 Å². The molecule has 24 heavy (non-hydrogen) atoms. The first-order chi connectivity index (χ1) is 11.6. The fraction of sp³-hybridized carbons (Fsp3) is 0.333. The number of nitrogens with one attached hydrogen (secondary N) is 2. The lowest BCUT2D eigenvalue weighted by atomic mass is 9.94. The first-order valence-corrected chi connectivity index (χ1v) is 9.02. The van der Waals surface area contributed by atoms with Crippen LogP contribution in [-0.2, 0) is 0 Å². The van der Waals surface area contributed by atoms with Crippen molar-refractivity contribution in [1.82, 2.24) is 19.9 Å². The summed E-state index contributed by atoms with van der Waals surface area (Å²) in [5, 5.41) is 8.12. The summed E-state index contributed by atoms with van der Waals surface area (Å²) in [6, 6.07) is 9.81. The van der Waals surface area contributed by atoms with Crippen molar-refractivity contribution in [3.05, 3.63) is 56.5 Å². The number of fused-ring (bicyclic) bond motifs is 1. The highest BCUT2D eigenvalue weighted by Gasteiger charge is 2.22. The molecule has 0 atom stereocenters. The third-order valence-electron chi connectivity index (χ3n) is 4.72. The van der Waals surface area contributed by atoms with Crippen LogP contribution in [0.5, 0.6) is 0 Å². The Morgan fingerprint density at radius 2 is 1.92 bits per heavy atom. The van der Waals surface area contributed by atoms with Gasteiger partial charge in [-0.15, -0.1) is 0 Å². The molecule has 1 aliphatic rings. The van der Waals surface area contributed by atoms with Gasteiger partial charge in [0.05, 0.1) is 11.4 Å². The molecule has 0 spiro atoms. The molecule has 3 aromatic rings. The van der Waals surface area contributed by atoms with Crippen molar-refractivity contribution in [3.8, 4) is 11.1 Å². The zero-order valence-corrected chi connectivity index (χ0v) is 15.1. The van der Waals surface area contributed by atoms with Gasteiger partial charge in [0.15, 0.2) is 0 Å². The smallest absolute Gasteiger partial charge is 0.251 e. The number of aromatic nitrogens is 3. The number of rotatable bonds is 2. The molecular weight excluding hydrogens is 368 g/mol. The lowest BCUT2D eigenvalue weighted by Gasteiger charge is -2.23. The van der Waals surface area contributed by atoms with E-state index in [1.807, 2.05) is 35.7 Å². The van der Waals surface area contributed by atoms with Crippen molar-refractivity contribution in [3.63, 3.8) is 0 Å². The third kappa shape index (κ3) is 2.70. The fourth-order valence-corrected chi connectivity index (χ4v) is 3.81. The molecule has 5 nitrogen and oxygen atoms in total. The second-order valence-electron chi connectivity index (χ2n) is 6.31. The Bertz CT molecular complexity index is 936. The van der Waals surface area contributed by atoms with Crippen LogP contribution in [-0.4, -0.2) is 27.7 Å². The van der Waals surface area contributed by atoms with Crippen LogP contribution in [0.3, 0.4) is 0 Å². The Balaban J connectivity index is 1.93. The summed E-state index contributed by atoms with van der Waals surface area (Å²) in [5.74, 6) is 0.369. The molecule has 0 aliphatic carbocycles. The summed E-state index contributed by atoms with van der Waals surface area (Å²) in [6.07, 6.45) is 2.07. The molecular formula is C18H19BrN4O. The second-order valence-corrected chi connectivity index (χ2v) is 7.23. The largest absolute Gasteiger partial charge is 0.317 e. The molecule has 2 aromatic heterocycles. The molecule has 4 rings (SSSR count). The van der Waals surface area contributed by atoms with Crippen LogP contribution in [0.4, 0.5) is 0 Å². The van der Waals surface area contributed by atoms with E-state index in [2.05, 4.69) is 26.2 Å². The number of aryl methyl sites for hydroxylation is 1. The minimum Gasteiger partial charge on any atom is -0.317 e. The van der Waals surface area contributed by atoms with Crippen LogP contribution in [0.15, 0.2) is 39.6 Å². The highest BCUT2D eigenvalue weighted by atomic mass is 79.9. The molecule has 0 bridgehead atoms. The first-order valence-electron chi connectivity index (χ1n) is 8.22. The Morgan fingerprint density at radius 1 is 1.21 bits per heavy atom. The number of piperidine rings is 1. The minimum absolute atomic E-state index is 0.0608. The molecule has 1 aliphatic heterocycles. The second kappa shape index (κ2) is 6.18. The van der Waals surface area contributed by atoms with Gasteiger partial charge in [-0.25, -0.2) is 4.52 Å². The van der Waals surface area contributed by atoms with E-state index >= 15 is 0 Å². The van der Waals surface area contributed by atoms with E-state index < -0.39 is 0 Å². The predicted octanol–water partition coefficient (Wildman–Crippen LogP) is 3.23. The molecule has 0 saturated carbocycles. The SMILES string of the molecule is Cc1nn2c(C3CCNCC3)cc(=O)[nH]c2c1-c1ccc(Br)cc1. The molecule has 1 saturated heterocycles. The summed E-state index contributed by atoms with van der Waals surface area (Å²) >= 11 is 3.47. The molecule has 0 amide bonds. The van der Waals surface area contributed by atoms with Crippen molar-refractivity contribution < 1.29 is 0 Å². The van der Waals surface area contributed by atoms with E-state index in [0.29, 0.717) is 5.92 Å². The number of benzene rings is 1. The lowest BCUT2D eigenvalue weighted by Crippen LogP contribution is -2.28. The van der Waals surface area contributed by atoms with Crippen molar-refractivity contribution in [2.75, 3.05) is 13.1 Å². The number of H-pyrrole nitrogens is 1. The number of aromatic amines is 1. The van der Waals surface area contributed by atoms with Crippen LogP contribution >= 0.6 is 15.9 Å². The minimum atomic E-state index is -0.0608. The first kappa shape index (κ1) is 15.6. The molecule has 1 aromatic carbocycles. The highest BCUT2D eigenvalue weighted by Crippen LogP contribution is 2.31. The fourth-order valence-electron chi connectivity index (χ4n) is 3.55. The average molecular weight is 387 g/mol. The third-order valence-corrected chi connectivity index (χ3v) is 5.24. The van der Waals surface area contributed by atoms with Gasteiger partial charge < -0.3 is 10.3 Å². The van der Waals surface area contributed by atoms with Crippen molar-refractivity contribution >= 4 is 21.6 Å². The summed E-state index contributed by atoms with van der Waals surface area (Å²) in [4.78, 5) is 15.3. The van der Waals surface area contributed by atoms with E-state index in [9.17, 15) is 4.79 Å². The van der Waals surface area contributed by atoms with Crippen LogP contribution in [0.25, 0.3) is 16.8 Å². The topological polar surface area (TPSA) is 62.2 Å². The van der Waals surface area contributed by atoms with E-state index in [-0.39, 0.29) is 5.56 Å². The van der Waals surface area contributed by atoms with Crippen molar-refractivity contribution in [2.24, 2.45) is 0 Å². The maximum Gasteiger partial charge on any atom is 0.251 e. The zero-order valence-electron chi connectivity index (χ0n) is 13.5. The summed E-state index contributed by atoms with van der Waals surface area (Å²) < 4.78 is 2.97. The van der Waals surface area contributed by atoms with Gasteiger partial charge in [0.2, 0.25) is 0 Å². The monoisotopic (exact) mass is 386 g/mol. The molecule has 1 fully saturated rings. The number of hydrogen-bond donors (Lipinski definition) is 2. The Morgan fingerprint density at radius 3 is 2.62 bits per heavy atom. The number of nitrogens with zero attached hydrogens (tertiary/aromatic N) is 2. The van der Waals surface area contributed by atoms with Gasteiger partial charge in [-0.05, 0) is 50.6 Å². The van der Waals surface area contributed by atoms with Gasteiger partial charge in [-0.3, -0.25) is 4.79 Å². The average Bonchev–Trinajstić information content (AvgIpc) is 2.91. The summed E-state index contributed by atoms with van der Waals surface area (Å²) in [7, 11) is 0. The van der Waals surface area contributed by atoms with Gasteiger partial charge in [0.25, 0.3) is 5.56 Å². The normalized spacial score (nSPS) is 15.9. The van der Waals surface area contributed by atoms with Crippen LogP contribution in [0, 0.1) is 6.92 Å². The molecule has 124 valence electrons. The van der Waals surface area contributed by atoms with Crippen LogP contribution < -0.4 is 10.9 Å². The van der Waals surface area contributed by atoms with Gasteiger partial charge in [-0.1, -0.05) is 28.1 Å². The predicted molar refractivity (Wildman–Crippen MR) is 98.5 cm³/mol. The van der Waals surface area contributed by atoms with E-state index in [1.165, 1.54) is 0 Å². The standard InChI is InChI=1S/C18H19BrN4O/c1-11-17(13-2-4-14(19)5-3-13)18-21-16(24)10-15(23(18)22-11)12-6-8-20-9-7-12/h2-5,10,12,20H,6-9H2,1H3,(H,21,24). The highest BCUT2D eigenvalue weighted by molar-refractivity contribution is 9.10. The Hall–Kier alpha value is -1.92. The summed E-state index contributed by atoms with van der Waals surface area (Å²) in [6.45, 7) is 3.96. The zero-order chi connectivity index (χ0) is 16.7. The lowest BCUT2D eigenvalue weighted by molar-refractivity contribution is 0.446. The van der Waals surface area contributed by atoms with Gasteiger partial charge in [0.1, 0.15) is 5.65 Å². The quantitative estimate of drug-likeness (QED) is 0.710. The Labute approximate surface area is 148 Å². The molecule has 0 radical (unpaired) electrons. The van der Waals surface area contributed by atoms with E-state index in [1.54, 1.807) is 6.07 Å². The summed E-state index contributed by atoms with van der Waals surface area (Å²) in [5.41, 5.74) is 4.72. The maximum absolute atomic E-state index is 12.3. The van der Waals surface area contributed by atoms with Crippen LogP contribution in [0.2, 0.25) is 0 Å². The Kier molecular flexibility index (Phi) is 4.02. The van der Waals surface area contributed by atoms with E-state index in [0.717, 1.165) is 58.6 Å². The van der Waals surface area contributed by atoms with Crippen molar-refractivity contribution in [2.45, 2.75) is 25.7 Å². The number of hydrogen-bond acceptors (Lipinski definition) is 3. The molecule has 6 heteroatoms. The van der Waals surface area contributed by atoms with Crippen LogP contribution in [0.1, 0.15) is 30.1 Å². The molecule has 2 N–H and O–H groups in total. The van der Waals surface area contributed by atoms with Gasteiger partial charge in [-0.2, -0.15) is 5.10 Å². The maximum atomic E-state index is 12.3. The number of halogens is 1. The van der Waals surface area contributed by atoms with Crippen molar-refractivity contribution in [1.29, 1.82) is 0 Å². The molecule has 3 heterocycles. The van der Waals surface area contributed by atoms with Gasteiger partial charge in [0, 0.05) is 22.0 Å².